The maximum atomic E-state index is 13.5. The molecule has 0 aliphatic heterocycles. The molecule has 0 fully saturated rings. The minimum atomic E-state index is -0.399. The number of para-hydroxylation sites is 1. The zero-order valence-electron chi connectivity index (χ0n) is 9.64. The minimum absolute atomic E-state index is 0.186. The lowest BCUT2D eigenvalue weighted by Crippen LogP contribution is -1.89. The number of benzene rings is 1. The molecule has 0 bridgehead atoms. The predicted octanol–water partition coefficient (Wildman–Crippen LogP) is 3.20. The zero-order chi connectivity index (χ0) is 12.5. The van der Waals surface area contributed by atoms with E-state index in [0.717, 1.165) is 11.1 Å². The van der Waals surface area contributed by atoms with Crippen LogP contribution in [0.25, 0.3) is 11.0 Å². The molecule has 4 nitrogen and oxygen atoms in total. The molecule has 0 spiro atoms. The Bertz CT molecular complexity index is 708. The highest BCUT2D eigenvalue weighted by Crippen LogP contribution is 2.30. The van der Waals surface area contributed by atoms with Gasteiger partial charge in [0.05, 0.1) is 5.39 Å². The SMILES string of the molecule is Cc1[nH]nc2nccc(Oc3ccccc3F)c12. The molecule has 18 heavy (non-hydrogen) atoms. The molecule has 0 radical (unpaired) electrons. The van der Waals surface area contributed by atoms with Gasteiger partial charge in [-0.1, -0.05) is 12.1 Å². The first-order chi connectivity index (χ1) is 8.75. The Kier molecular flexibility index (Phi) is 2.44. The number of ether oxygens (including phenoxy) is 1. The first-order valence-electron chi connectivity index (χ1n) is 5.48. The van der Waals surface area contributed by atoms with Gasteiger partial charge in [-0.2, -0.15) is 5.10 Å². The Balaban J connectivity index is 2.10. The molecule has 3 aromatic rings. The Hall–Kier alpha value is -2.43. The second-order valence-electron chi connectivity index (χ2n) is 3.89. The number of aromatic amines is 1. The van der Waals surface area contributed by atoms with Crippen molar-refractivity contribution in [3.8, 4) is 11.5 Å². The van der Waals surface area contributed by atoms with Gasteiger partial charge in [0.15, 0.2) is 17.2 Å². The standard InChI is InChI=1S/C13H10FN3O/c1-8-12-11(6-7-15-13(12)17-16-8)18-10-5-3-2-4-9(10)14/h2-7H,1H3,(H,15,16,17). The van der Waals surface area contributed by atoms with Crippen LogP contribution in [-0.2, 0) is 0 Å². The molecule has 90 valence electrons. The summed E-state index contributed by atoms with van der Waals surface area (Å²) in [6.45, 7) is 1.87. The van der Waals surface area contributed by atoms with Crippen molar-refractivity contribution >= 4 is 11.0 Å². The van der Waals surface area contributed by atoms with Crippen LogP contribution in [0.3, 0.4) is 0 Å². The summed E-state index contributed by atoms with van der Waals surface area (Å²) in [6, 6.07) is 7.97. The molecule has 0 unspecified atom stereocenters. The summed E-state index contributed by atoms with van der Waals surface area (Å²) in [7, 11) is 0. The molecule has 2 heterocycles. The summed E-state index contributed by atoms with van der Waals surface area (Å²) >= 11 is 0. The number of H-pyrrole nitrogens is 1. The van der Waals surface area contributed by atoms with E-state index in [1.807, 2.05) is 6.92 Å². The van der Waals surface area contributed by atoms with Crippen molar-refractivity contribution in [1.29, 1.82) is 0 Å². The van der Waals surface area contributed by atoms with Crippen molar-refractivity contribution in [2.45, 2.75) is 6.92 Å². The Morgan fingerprint density at radius 2 is 2.00 bits per heavy atom. The van der Waals surface area contributed by atoms with E-state index >= 15 is 0 Å². The van der Waals surface area contributed by atoms with Gasteiger partial charge in [0, 0.05) is 11.9 Å². The van der Waals surface area contributed by atoms with Gasteiger partial charge in [0.1, 0.15) is 5.75 Å². The van der Waals surface area contributed by atoms with Crippen LogP contribution in [0.2, 0.25) is 0 Å². The quantitative estimate of drug-likeness (QED) is 0.752. The van der Waals surface area contributed by atoms with E-state index in [1.165, 1.54) is 6.07 Å². The van der Waals surface area contributed by atoms with Crippen molar-refractivity contribution in [1.82, 2.24) is 15.2 Å². The van der Waals surface area contributed by atoms with E-state index < -0.39 is 5.82 Å². The maximum absolute atomic E-state index is 13.5. The smallest absolute Gasteiger partial charge is 0.184 e. The van der Waals surface area contributed by atoms with Crippen molar-refractivity contribution < 1.29 is 9.13 Å². The third-order valence-corrected chi connectivity index (χ3v) is 2.65. The van der Waals surface area contributed by atoms with Crippen molar-refractivity contribution in [2.75, 3.05) is 0 Å². The summed E-state index contributed by atoms with van der Waals surface area (Å²) in [5, 5.41) is 7.63. The fourth-order valence-electron chi connectivity index (χ4n) is 1.79. The predicted molar refractivity (Wildman–Crippen MR) is 65.1 cm³/mol. The summed E-state index contributed by atoms with van der Waals surface area (Å²) < 4.78 is 19.1. The van der Waals surface area contributed by atoms with Gasteiger partial charge in [-0.25, -0.2) is 9.37 Å². The summed E-state index contributed by atoms with van der Waals surface area (Å²) in [5.41, 5.74) is 1.39. The molecular weight excluding hydrogens is 233 g/mol. The van der Waals surface area contributed by atoms with Crippen molar-refractivity contribution in [3.05, 3.63) is 48.0 Å². The van der Waals surface area contributed by atoms with Crippen LogP contribution in [-0.4, -0.2) is 15.2 Å². The first kappa shape index (κ1) is 10.7. The molecule has 5 heteroatoms. The van der Waals surface area contributed by atoms with E-state index in [-0.39, 0.29) is 5.75 Å². The highest BCUT2D eigenvalue weighted by atomic mass is 19.1. The largest absolute Gasteiger partial charge is 0.453 e. The lowest BCUT2D eigenvalue weighted by Gasteiger charge is -2.07. The zero-order valence-corrected chi connectivity index (χ0v) is 9.64. The number of nitrogens with zero attached hydrogens (tertiary/aromatic N) is 2. The highest BCUT2D eigenvalue weighted by Gasteiger charge is 2.11. The van der Waals surface area contributed by atoms with Gasteiger partial charge in [0.2, 0.25) is 0 Å². The number of fused-ring (bicyclic) bond motifs is 1. The molecular formula is C13H10FN3O. The Morgan fingerprint density at radius 3 is 2.83 bits per heavy atom. The number of hydrogen-bond donors (Lipinski definition) is 1. The van der Waals surface area contributed by atoms with E-state index in [9.17, 15) is 4.39 Å². The molecule has 2 aromatic heterocycles. The third kappa shape index (κ3) is 1.69. The van der Waals surface area contributed by atoms with Crippen LogP contribution < -0.4 is 4.74 Å². The van der Waals surface area contributed by atoms with E-state index in [4.69, 9.17) is 4.74 Å². The number of hydrogen-bond acceptors (Lipinski definition) is 3. The average Bonchev–Trinajstić information content (AvgIpc) is 2.75. The molecule has 0 aliphatic rings. The fraction of sp³-hybridized carbons (Fsp3) is 0.0769. The topological polar surface area (TPSA) is 50.8 Å². The molecule has 1 aromatic carbocycles. The summed E-state index contributed by atoms with van der Waals surface area (Å²) in [6.07, 6.45) is 1.58. The number of nitrogens with one attached hydrogen (secondary N) is 1. The number of halogens is 1. The summed E-state index contributed by atoms with van der Waals surface area (Å²) in [4.78, 5) is 4.11. The number of aromatic nitrogens is 3. The first-order valence-corrected chi connectivity index (χ1v) is 5.48. The Labute approximate surface area is 102 Å². The van der Waals surface area contributed by atoms with Crippen LogP contribution >= 0.6 is 0 Å². The molecule has 0 amide bonds. The normalized spacial score (nSPS) is 10.8. The number of rotatable bonds is 2. The minimum Gasteiger partial charge on any atom is -0.453 e. The van der Waals surface area contributed by atoms with Gasteiger partial charge in [-0.05, 0) is 25.1 Å². The highest BCUT2D eigenvalue weighted by molar-refractivity contribution is 5.84. The number of pyridine rings is 1. The van der Waals surface area contributed by atoms with Crippen molar-refractivity contribution in [2.24, 2.45) is 0 Å². The second kappa shape index (κ2) is 4.10. The lowest BCUT2D eigenvalue weighted by molar-refractivity contribution is 0.446. The molecule has 0 saturated heterocycles. The average molecular weight is 243 g/mol. The molecule has 0 aliphatic carbocycles. The molecule has 0 atom stereocenters. The van der Waals surface area contributed by atoms with E-state index in [1.54, 1.807) is 30.5 Å². The molecule has 3 rings (SSSR count). The third-order valence-electron chi connectivity index (χ3n) is 2.65. The van der Waals surface area contributed by atoms with Crippen molar-refractivity contribution in [3.63, 3.8) is 0 Å². The Morgan fingerprint density at radius 1 is 1.17 bits per heavy atom. The molecule has 0 saturated carbocycles. The van der Waals surface area contributed by atoms with E-state index in [2.05, 4.69) is 15.2 Å². The van der Waals surface area contributed by atoms with Gasteiger partial charge >= 0.3 is 0 Å². The van der Waals surface area contributed by atoms with Crippen LogP contribution in [0.1, 0.15) is 5.69 Å². The van der Waals surface area contributed by atoms with E-state index in [0.29, 0.717) is 11.4 Å². The van der Waals surface area contributed by atoms with Gasteiger partial charge in [0.25, 0.3) is 0 Å². The van der Waals surface area contributed by atoms with Crippen LogP contribution in [0, 0.1) is 12.7 Å². The van der Waals surface area contributed by atoms with Gasteiger partial charge in [-0.3, -0.25) is 5.10 Å². The summed E-state index contributed by atoms with van der Waals surface area (Å²) in [5.74, 6) is 0.325. The second-order valence-corrected chi connectivity index (χ2v) is 3.89. The van der Waals surface area contributed by atoms with Crippen LogP contribution in [0.5, 0.6) is 11.5 Å². The molecule has 1 N–H and O–H groups in total. The fourth-order valence-corrected chi connectivity index (χ4v) is 1.79. The maximum Gasteiger partial charge on any atom is 0.184 e. The van der Waals surface area contributed by atoms with Crippen LogP contribution in [0.4, 0.5) is 4.39 Å². The van der Waals surface area contributed by atoms with Crippen LogP contribution in [0.15, 0.2) is 36.5 Å². The van der Waals surface area contributed by atoms with Gasteiger partial charge in [-0.15, -0.1) is 0 Å². The number of aryl methyl sites for hydroxylation is 1. The lowest BCUT2D eigenvalue weighted by atomic mass is 10.2. The van der Waals surface area contributed by atoms with Gasteiger partial charge < -0.3 is 4.74 Å². The monoisotopic (exact) mass is 243 g/mol.